The Bertz CT molecular complexity index is 163. The Kier molecular flexibility index (Phi) is 3.30. The highest BCUT2D eigenvalue weighted by Gasteiger charge is 2.17. The summed E-state index contributed by atoms with van der Waals surface area (Å²) in [7, 11) is 3.79. The third-order valence-electron chi connectivity index (χ3n) is 1.26. The van der Waals surface area contributed by atoms with Gasteiger partial charge < -0.3 is 4.90 Å². The van der Waals surface area contributed by atoms with E-state index in [4.69, 9.17) is 0 Å². The molecule has 0 heterocycles. The zero-order chi connectivity index (χ0) is 9.07. The number of hydrogen-bond acceptors (Lipinski definition) is 2. The molecule has 2 nitrogen and oxygen atoms in total. The summed E-state index contributed by atoms with van der Waals surface area (Å²) >= 11 is 0. The highest BCUT2D eigenvalue weighted by Crippen LogP contribution is 2.14. The Labute approximate surface area is 68.9 Å². The van der Waals surface area contributed by atoms with Gasteiger partial charge in [-0.3, -0.25) is 4.79 Å². The van der Waals surface area contributed by atoms with Gasteiger partial charge in [-0.25, -0.2) is 0 Å². The quantitative estimate of drug-likeness (QED) is 0.565. The standard InChI is InChI=1S/C9H17NO/c1-9(2,3)8(11)6-7-10(4)5/h6-7H,1-5H3/b7-6+. The lowest BCUT2D eigenvalue weighted by Crippen LogP contribution is -2.18. The third-order valence-corrected chi connectivity index (χ3v) is 1.26. The second-order valence-electron chi connectivity index (χ2n) is 3.89. The van der Waals surface area contributed by atoms with Gasteiger partial charge in [0.1, 0.15) is 0 Å². The van der Waals surface area contributed by atoms with Crippen molar-refractivity contribution >= 4 is 5.78 Å². The van der Waals surface area contributed by atoms with Crippen molar-refractivity contribution in [3.05, 3.63) is 12.3 Å². The third kappa shape index (κ3) is 4.59. The minimum absolute atomic E-state index is 0.159. The maximum atomic E-state index is 11.3. The molecule has 0 aliphatic heterocycles. The largest absolute Gasteiger partial charge is 0.383 e. The number of ketones is 1. The van der Waals surface area contributed by atoms with Gasteiger partial charge in [-0.2, -0.15) is 0 Å². The van der Waals surface area contributed by atoms with Gasteiger partial charge in [0.05, 0.1) is 0 Å². The van der Waals surface area contributed by atoms with Gasteiger partial charge in [0.25, 0.3) is 0 Å². The summed E-state index contributed by atoms with van der Waals surface area (Å²) in [6, 6.07) is 0. The fourth-order valence-corrected chi connectivity index (χ4v) is 0.467. The number of rotatable bonds is 2. The second-order valence-corrected chi connectivity index (χ2v) is 3.89. The van der Waals surface area contributed by atoms with Crippen LogP contribution in [0.2, 0.25) is 0 Å². The maximum absolute atomic E-state index is 11.3. The van der Waals surface area contributed by atoms with Crippen molar-refractivity contribution in [2.75, 3.05) is 14.1 Å². The van der Waals surface area contributed by atoms with Crippen LogP contribution in [0.4, 0.5) is 0 Å². The van der Waals surface area contributed by atoms with Gasteiger partial charge >= 0.3 is 0 Å². The summed E-state index contributed by atoms with van der Waals surface area (Å²) < 4.78 is 0. The van der Waals surface area contributed by atoms with Gasteiger partial charge in [0.2, 0.25) is 0 Å². The Morgan fingerprint density at radius 2 is 1.73 bits per heavy atom. The first-order valence-electron chi connectivity index (χ1n) is 3.73. The smallest absolute Gasteiger partial charge is 0.162 e. The molecule has 0 bridgehead atoms. The van der Waals surface area contributed by atoms with Gasteiger partial charge in [0.15, 0.2) is 5.78 Å². The van der Waals surface area contributed by atoms with E-state index in [-0.39, 0.29) is 11.2 Å². The van der Waals surface area contributed by atoms with Gasteiger partial charge in [-0.15, -0.1) is 0 Å². The van der Waals surface area contributed by atoms with E-state index in [0.717, 1.165) is 0 Å². The molecular weight excluding hydrogens is 138 g/mol. The van der Waals surface area contributed by atoms with E-state index in [1.165, 1.54) is 0 Å². The molecule has 0 atom stereocenters. The SMILES string of the molecule is CN(C)/C=C/C(=O)C(C)(C)C. The van der Waals surface area contributed by atoms with Crippen LogP contribution in [-0.4, -0.2) is 24.8 Å². The summed E-state index contributed by atoms with van der Waals surface area (Å²) in [5, 5.41) is 0. The molecule has 64 valence electrons. The molecule has 0 aliphatic carbocycles. The Morgan fingerprint density at radius 3 is 2.00 bits per heavy atom. The van der Waals surface area contributed by atoms with Crippen LogP contribution < -0.4 is 0 Å². The molecule has 2 heteroatoms. The van der Waals surface area contributed by atoms with Crippen LogP contribution in [-0.2, 0) is 4.79 Å². The molecule has 0 aromatic heterocycles. The highest BCUT2D eigenvalue weighted by molar-refractivity contribution is 5.93. The summed E-state index contributed by atoms with van der Waals surface area (Å²) in [4.78, 5) is 13.1. The van der Waals surface area contributed by atoms with E-state index in [1.807, 2.05) is 39.8 Å². The zero-order valence-electron chi connectivity index (χ0n) is 8.01. The van der Waals surface area contributed by atoms with E-state index in [0.29, 0.717) is 0 Å². The van der Waals surface area contributed by atoms with Gasteiger partial charge in [0, 0.05) is 25.7 Å². The summed E-state index contributed by atoms with van der Waals surface area (Å²) in [5.74, 6) is 0.159. The number of hydrogen-bond donors (Lipinski definition) is 0. The minimum atomic E-state index is -0.257. The first-order valence-corrected chi connectivity index (χ1v) is 3.73. The molecule has 0 fully saturated rings. The molecule has 0 aromatic carbocycles. The normalized spacial score (nSPS) is 12.1. The van der Waals surface area contributed by atoms with E-state index < -0.39 is 0 Å². The van der Waals surface area contributed by atoms with E-state index in [9.17, 15) is 4.79 Å². The zero-order valence-corrected chi connectivity index (χ0v) is 8.01. The lowest BCUT2D eigenvalue weighted by atomic mass is 9.91. The fraction of sp³-hybridized carbons (Fsp3) is 0.667. The van der Waals surface area contributed by atoms with Crippen molar-refractivity contribution in [3.8, 4) is 0 Å². The van der Waals surface area contributed by atoms with Crippen LogP contribution in [0.5, 0.6) is 0 Å². The topological polar surface area (TPSA) is 20.3 Å². The molecule has 0 spiro atoms. The summed E-state index contributed by atoms with van der Waals surface area (Å²) in [5.41, 5.74) is -0.257. The van der Waals surface area contributed by atoms with Crippen LogP contribution >= 0.6 is 0 Å². The minimum Gasteiger partial charge on any atom is -0.383 e. The molecule has 0 unspecified atom stereocenters. The molecule has 0 N–H and O–H groups in total. The van der Waals surface area contributed by atoms with E-state index in [2.05, 4.69) is 0 Å². The molecule has 0 saturated carbocycles. The molecule has 0 rings (SSSR count). The maximum Gasteiger partial charge on any atom is 0.162 e. The van der Waals surface area contributed by atoms with Crippen LogP contribution in [0.1, 0.15) is 20.8 Å². The van der Waals surface area contributed by atoms with Crippen LogP contribution in [0.15, 0.2) is 12.3 Å². The summed E-state index contributed by atoms with van der Waals surface area (Å²) in [6.45, 7) is 5.74. The van der Waals surface area contributed by atoms with Crippen molar-refractivity contribution in [1.29, 1.82) is 0 Å². The van der Waals surface area contributed by atoms with E-state index in [1.54, 1.807) is 12.3 Å². The van der Waals surface area contributed by atoms with Crippen molar-refractivity contribution in [1.82, 2.24) is 4.90 Å². The fourth-order valence-electron chi connectivity index (χ4n) is 0.467. The van der Waals surface area contributed by atoms with Crippen LogP contribution in [0.3, 0.4) is 0 Å². The number of carbonyl (C=O) groups excluding carboxylic acids is 1. The van der Waals surface area contributed by atoms with Crippen LogP contribution in [0, 0.1) is 5.41 Å². The summed E-state index contributed by atoms with van der Waals surface area (Å²) in [6.07, 6.45) is 3.38. The van der Waals surface area contributed by atoms with Gasteiger partial charge in [-0.05, 0) is 6.08 Å². The molecule has 11 heavy (non-hydrogen) atoms. The lowest BCUT2D eigenvalue weighted by molar-refractivity contribution is -0.121. The average molecular weight is 155 g/mol. The van der Waals surface area contributed by atoms with Crippen LogP contribution in [0.25, 0.3) is 0 Å². The molecule has 0 aromatic rings. The van der Waals surface area contributed by atoms with Crippen molar-refractivity contribution in [2.24, 2.45) is 5.41 Å². The van der Waals surface area contributed by atoms with Gasteiger partial charge in [-0.1, -0.05) is 20.8 Å². The highest BCUT2D eigenvalue weighted by atomic mass is 16.1. The molecule has 0 aliphatic rings. The molecule has 0 radical (unpaired) electrons. The second kappa shape index (κ2) is 3.56. The predicted molar refractivity (Wildman–Crippen MR) is 47.3 cm³/mol. The van der Waals surface area contributed by atoms with Crippen molar-refractivity contribution in [2.45, 2.75) is 20.8 Å². The monoisotopic (exact) mass is 155 g/mol. The van der Waals surface area contributed by atoms with Crippen molar-refractivity contribution < 1.29 is 4.79 Å². The molecule has 0 saturated heterocycles. The lowest BCUT2D eigenvalue weighted by Gasteiger charge is -2.13. The van der Waals surface area contributed by atoms with Crippen molar-refractivity contribution in [3.63, 3.8) is 0 Å². The van der Waals surface area contributed by atoms with E-state index >= 15 is 0 Å². The first-order chi connectivity index (χ1) is 4.84. The first kappa shape index (κ1) is 10.2. The average Bonchev–Trinajstić information content (AvgIpc) is 1.80. The predicted octanol–water partition coefficient (Wildman–Crippen LogP) is 1.68. The number of carbonyl (C=O) groups is 1. The molecular formula is C9H17NO. The Balaban J connectivity index is 4.09. The Hall–Kier alpha value is -0.790. The number of nitrogens with zero attached hydrogens (tertiary/aromatic N) is 1. The number of allylic oxidation sites excluding steroid dienone is 1. The molecule has 0 amide bonds. The Morgan fingerprint density at radius 1 is 1.27 bits per heavy atom.